The fraction of sp³-hybridized carbons (Fsp3) is 0.647. The predicted molar refractivity (Wildman–Crippen MR) is 86.2 cm³/mol. The first-order chi connectivity index (χ1) is 9.83. The van der Waals surface area contributed by atoms with Crippen LogP contribution in [-0.2, 0) is 4.74 Å². The molecule has 20 heavy (non-hydrogen) atoms. The van der Waals surface area contributed by atoms with Gasteiger partial charge < -0.3 is 10.1 Å². The molecule has 3 rings (SSSR count). The lowest BCUT2D eigenvalue weighted by molar-refractivity contribution is -0.107. The molecule has 2 aliphatic heterocycles. The zero-order valence-corrected chi connectivity index (χ0v) is 13.1. The van der Waals surface area contributed by atoms with E-state index in [1.54, 1.807) is 0 Å². The van der Waals surface area contributed by atoms with Crippen LogP contribution in [0.3, 0.4) is 0 Å². The normalized spacial score (nSPS) is 27.4. The molecule has 0 aliphatic carbocycles. The lowest BCUT2D eigenvalue weighted by Crippen LogP contribution is -2.45. The first-order valence-corrected chi connectivity index (χ1v) is 8.92. The van der Waals surface area contributed by atoms with Crippen LogP contribution in [0.2, 0.25) is 0 Å². The largest absolute Gasteiger partial charge is 0.375 e. The summed E-state index contributed by atoms with van der Waals surface area (Å²) in [5.74, 6) is 3.23. The zero-order chi connectivity index (χ0) is 13.8. The van der Waals surface area contributed by atoms with Crippen molar-refractivity contribution in [3.05, 3.63) is 35.9 Å². The van der Waals surface area contributed by atoms with Crippen molar-refractivity contribution in [1.82, 2.24) is 5.32 Å². The topological polar surface area (TPSA) is 21.3 Å². The van der Waals surface area contributed by atoms with Crippen LogP contribution in [0.4, 0.5) is 0 Å². The van der Waals surface area contributed by atoms with Gasteiger partial charge in [0.25, 0.3) is 0 Å². The number of nitrogens with one attached hydrogen (secondary N) is 1. The summed E-state index contributed by atoms with van der Waals surface area (Å²) in [6, 6.07) is 11.4. The molecule has 1 aromatic rings. The molecule has 0 radical (unpaired) electrons. The molecule has 2 atom stereocenters. The first kappa shape index (κ1) is 14.4. The fourth-order valence-corrected chi connectivity index (χ4v) is 5.01. The Balaban J connectivity index is 1.75. The van der Waals surface area contributed by atoms with Crippen molar-refractivity contribution >= 4 is 11.8 Å². The number of ether oxygens (including phenoxy) is 1. The molecule has 3 heteroatoms. The maximum atomic E-state index is 6.23. The van der Waals surface area contributed by atoms with Crippen molar-refractivity contribution in [2.24, 2.45) is 5.92 Å². The van der Waals surface area contributed by atoms with E-state index in [4.69, 9.17) is 4.74 Å². The Morgan fingerprint density at radius 3 is 2.70 bits per heavy atom. The number of hydrogen-bond donors (Lipinski definition) is 1. The summed E-state index contributed by atoms with van der Waals surface area (Å²) >= 11 is 2.08. The molecule has 1 aromatic carbocycles. The van der Waals surface area contributed by atoms with Crippen molar-refractivity contribution in [2.45, 2.75) is 37.3 Å². The maximum Gasteiger partial charge on any atom is 0.0701 e. The molecule has 2 saturated heterocycles. The SMILES string of the molecule is CNC(c1ccccc1)C1CCOC2(CCSCC2)C1. The van der Waals surface area contributed by atoms with Gasteiger partial charge in [-0.25, -0.2) is 0 Å². The highest BCUT2D eigenvalue weighted by atomic mass is 32.2. The van der Waals surface area contributed by atoms with Gasteiger partial charge in [-0.2, -0.15) is 11.8 Å². The highest BCUT2D eigenvalue weighted by molar-refractivity contribution is 7.99. The number of rotatable bonds is 3. The molecule has 2 fully saturated rings. The van der Waals surface area contributed by atoms with Crippen LogP contribution in [0.15, 0.2) is 30.3 Å². The third kappa shape index (κ3) is 3.05. The minimum Gasteiger partial charge on any atom is -0.375 e. The predicted octanol–water partition coefficient (Wildman–Crippen LogP) is 3.64. The van der Waals surface area contributed by atoms with Crippen molar-refractivity contribution < 1.29 is 4.74 Å². The average Bonchev–Trinajstić information content (AvgIpc) is 2.50. The maximum absolute atomic E-state index is 6.23. The van der Waals surface area contributed by atoms with Gasteiger partial charge in [-0.3, -0.25) is 0 Å². The van der Waals surface area contributed by atoms with Gasteiger partial charge >= 0.3 is 0 Å². The lowest BCUT2D eigenvalue weighted by atomic mass is 9.77. The van der Waals surface area contributed by atoms with E-state index >= 15 is 0 Å². The van der Waals surface area contributed by atoms with Gasteiger partial charge in [-0.15, -0.1) is 0 Å². The second kappa shape index (κ2) is 6.50. The van der Waals surface area contributed by atoms with E-state index in [2.05, 4.69) is 54.5 Å². The lowest BCUT2D eigenvalue weighted by Gasteiger charge is -2.45. The fourth-order valence-electron chi connectivity index (χ4n) is 3.78. The van der Waals surface area contributed by atoms with E-state index in [1.807, 2.05) is 0 Å². The van der Waals surface area contributed by atoms with Gasteiger partial charge in [0.15, 0.2) is 0 Å². The van der Waals surface area contributed by atoms with E-state index < -0.39 is 0 Å². The Morgan fingerprint density at radius 1 is 1.25 bits per heavy atom. The van der Waals surface area contributed by atoms with Gasteiger partial charge in [0.1, 0.15) is 0 Å². The summed E-state index contributed by atoms with van der Waals surface area (Å²) in [6.45, 7) is 0.931. The van der Waals surface area contributed by atoms with Crippen LogP contribution >= 0.6 is 11.8 Å². The number of benzene rings is 1. The summed E-state index contributed by atoms with van der Waals surface area (Å²) in [4.78, 5) is 0. The Hall–Kier alpha value is -0.510. The number of hydrogen-bond acceptors (Lipinski definition) is 3. The third-order valence-corrected chi connectivity index (χ3v) is 5.86. The van der Waals surface area contributed by atoms with E-state index in [9.17, 15) is 0 Å². The number of thioether (sulfide) groups is 1. The minimum atomic E-state index is 0.179. The molecule has 2 nitrogen and oxygen atoms in total. The molecule has 0 amide bonds. The molecular formula is C17H25NOS. The molecule has 1 N–H and O–H groups in total. The summed E-state index contributed by atoms with van der Waals surface area (Å²) in [7, 11) is 2.09. The molecule has 2 unspecified atom stereocenters. The molecule has 0 aromatic heterocycles. The monoisotopic (exact) mass is 291 g/mol. The summed E-state index contributed by atoms with van der Waals surface area (Å²) in [6.07, 6.45) is 4.86. The van der Waals surface area contributed by atoms with E-state index in [1.165, 1.54) is 42.8 Å². The smallest absolute Gasteiger partial charge is 0.0701 e. The molecule has 110 valence electrons. The van der Waals surface area contributed by atoms with Crippen molar-refractivity contribution in [3.63, 3.8) is 0 Å². The standard InChI is InChI=1S/C17H25NOS/c1-18-16(14-5-3-2-4-6-14)15-7-10-19-17(13-15)8-11-20-12-9-17/h2-6,15-16,18H,7-13H2,1H3. The second-order valence-corrected chi connectivity index (χ2v) is 7.30. The molecular weight excluding hydrogens is 266 g/mol. The van der Waals surface area contributed by atoms with Crippen LogP contribution in [0.5, 0.6) is 0 Å². The Bertz CT molecular complexity index is 411. The average molecular weight is 291 g/mol. The highest BCUT2D eigenvalue weighted by Crippen LogP contribution is 2.43. The van der Waals surface area contributed by atoms with Crippen LogP contribution in [0.25, 0.3) is 0 Å². The van der Waals surface area contributed by atoms with Gasteiger partial charge in [0, 0.05) is 12.6 Å². The molecule has 0 saturated carbocycles. The Labute approximate surface area is 126 Å². The molecule has 2 aliphatic rings. The van der Waals surface area contributed by atoms with Crippen LogP contribution < -0.4 is 5.32 Å². The van der Waals surface area contributed by atoms with E-state index in [-0.39, 0.29) is 5.60 Å². The Kier molecular flexibility index (Phi) is 4.69. The van der Waals surface area contributed by atoms with E-state index in [0.717, 1.165) is 6.61 Å². The minimum absolute atomic E-state index is 0.179. The van der Waals surface area contributed by atoms with Crippen LogP contribution in [0, 0.1) is 5.92 Å². The quantitative estimate of drug-likeness (QED) is 0.918. The first-order valence-electron chi connectivity index (χ1n) is 7.77. The Morgan fingerprint density at radius 2 is 2.00 bits per heavy atom. The van der Waals surface area contributed by atoms with Crippen molar-refractivity contribution in [2.75, 3.05) is 25.2 Å². The van der Waals surface area contributed by atoms with Crippen LogP contribution in [0.1, 0.15) is 37.3 Å². The summed E-state index contributed by atoms with van der Waals surface area (Å²) in [5, 5.41) is 3.55. The van der Waals surface area contributed by atoms with Crippen molar-refractivity contribution in [3.8, 4) is 0 Å². The third-order valence-electron chi connectivity index (χ3n) is 4.88. The van der Waals surface area contributed by atoms with Gasteiger partial charge in [-0.05, 0) is 55.7 Å². The highest BCUT2D eigenvalue weighted by Gasteiger charge is 2.40. The van der Waals surface area contributed by atoms with E-state index in [0.29, 0.717) is 12.0 Å². The molecule has 0 bridgehead atoms. The van der Waals surface area contributed by atoms with Crippen molar-refractivity contribution in [1.29, 1.82) is 0 Å². The molecule has 1 spiro atoms. The molecule has 2 heterocycles. The zero-order valence-electron chi connectivity index (χ0n) is 12.3. The van der Waals surface area contributed by atoms with Crippen LogP contribution in [-0.4, -0.2) is 30.8 Å². The summed E-state index contributed by atoms with van der Waals surface area (Å²) in [5.41, 5.74) is 1.60. The van der Waals surface area contributed by atoms with Gasteiger partial charge in [-0.1, -0.05) is 30.3 Å². The summed E-state index contributed by atoms with van der Waals surface area (Å²) < 4.78 is 6.23. The second-order valence-electron chi connectivity index (χ2n) is 6.07. The van der Waals surface area contributed by atoms with Gasteiger partial charge in [0.2, 0.25) is 0 Å². The van der Waals surface area contributed by atoms with Gasteiger partial charge in [0.05, 0.1) is 5.60 Å².